The third-order valence-corrected chi connectivity index (χ3v) is 6.37. The van der Waals surface area contributed by atoms with Crippen molar-refractivity contribution in [3.63, 3.8) is 0 Å². The molecule has 4 rings (SSSR count). The Morgan fingerprint density at radius 2 is 1.93 bits per heavy atom. The number of nitrogens with zero attached hydrogens (tertiary/aromatic N) is 1. The van der Waals surface area contributed by atoms with Gasteiger partial charge in [0.25, 0.3) is 0 Å². The number of ether oxygens (including phenoxy) is 2. The summed E-state index contributed by atoms with van der Waals surface area (Å²) in [5.74, 6) is -0.915. The van der Waals surface area contributed by atoms with E-state index in [-0.39, 0.29) is 18.7 Å². The summed E-state index contributed by atoms with van der Waals surface area (Å²) in [5, 5.41) is 10.7. The Bertz CT molecular complexity index is 593. The molecule has 2 bridgehead atoms. The highest BCUT2D eigenvalue weighted by Crippen LogP contribution is 2.48. The first kappa shape index (κ1) is 20.8. The number of unbranched alkanes of at least 4 members (excludes halogenated alkanes) is 1. The molecule has 6 atom stereocenters. The lowest BCUT2D eigenvalue weighted by molar-refractivity contribution is -0.156. The molecule has 0 spiro atoms. The molecular weight excluding hydrogens is 410 g/mol. The number of hydrogen-bond donors (Lipinski definition) is 1. The van der Waals surface area contributed by atoms with Crippen molar-refractivity contribution >= 4 is 21.9 Å². The predicted octanol–water partition coefficient (Wildman–Crippen LogP) is 3.10. The van der Waals surface area contributed by atoms with Crippen molar-refractivity contribution in [2.75, 3.05) is 19.0 Å². The first-order valence-electron chi connectivity index (χ1n) is 9.90. The van der Waals surface area contributed by atoms with Gasteiger partial charge in [0.1, 0.15) is 24.2 Å². The van der Waals surface area contributed by atoms with E-state index < -0.39 is 5.92 Å². The molecule has 0 aromatic heterocycles. The van der Waals surface area contributed by atoms with E-state index in [1.54, 1.807) is 0 Å². The first-order valence-corrected chi connectivity index (χ1v) is 11.0. The SMILES string of the molecule is CCCCBr.CN1[C@@H]2C[C@@H](OC(=O)[C@H](CO)c3ccccc3)C[C@H]1[C@@H]1O[C@@H]12. The molecule has 0 amide bonds. The van der Waals surface area contributed by atoms with E-state index >= 15 is 0 Å². The molecule has 0 radical (unpaired) electrons. The zero-order chi connectivity index (χ0) is 19.4. The number of likely N-dealkylation sites (N-methyl/N-ethyl adjacent to an activating group) is 1. The second-order valence-electron chi connectivity index (χ2n) is 7.58. The number of aliphatic hydroxyl groups excluding tert-OH is 1. The number of piperidine rings is 1. The van der Waals surface area contributed by atoms with Crippen molar-refractivity contribution in [3.8, 4) is 0 Å². The lowest BCUT2D eigenvalue weighted by Crippen LogP contribution is -2.48. The van der Waals surface area contributed by atoms with Crippen LogP contribution in [-0.4, -0.2) is 65.4 Å². The molecule has 3 heterocycles. The molecule has 0 unspecified atom stereocenters. The van der Waals surface area contributed by atoms with Crippen LogP contribution in [0.1, 0.15) is 44.1 Å². The smallest absolute Gasteiger partial charge is 0.316 e. The fourth-order valence-electron chi connectivity index (χ4n) is 4.18. The van der Waals surface area contributed by atoms with E-state index in [4.69, 9.17) is 9.47 Å². The number of rotatable bonds is 6. The second kappa shape index (κ2) is 9.50. The van der Waals surface area contributed by atoms with Crippen molar-refractivity contribution in [2.24, 2.45) is 0 Å². The lowest BCUT2D eigenvalue weighted by atomic mass is 9.97. The van der Waals surface area contributed by atoms with Crippen molar-refractivity contribution in [1.82, 2.24) is 4.90 Å². The molecule has 1 N–H and O–H groups in total. The fourth-order valence-corrected chi connectivity index (χ4v) is 4.74. The minimum absolute atomic E-state index is 0.0622. The van der Waals surface area contributed by atoms with Gasteiger partial charge >= 0.3 is 5.97 Å². The van der Waals surface area contributed by atoms with Crippen LogP contribution in [0.4, 0.5) is 0 Å². The molecule has 3 fully saturated rings. The minimum atomic E-state index is -0.593. The standard InChI is InChI=1S/C17H21NO4.C4H9Br/c1-18-13-7-11(8-14(18)16-15(13)22-16)21-17(20)12(9-19)10-5-3-2-4-6-10;1-2-3-4-5/h2-6,11-16,19H,7-9H2,1H3;2-4H2,1H3/t11-,12-,13-,14+,15-,16+;/m1./s1. The maximum absolute atomic E-state index is 12.4. The number of alkyl halides is 1. The summed E-state index contributed by atoms with van der Waals surface area (Å²) in [6, 6.07) is 10.1. The molecular formula is C21H30BrNO4. The number of carbonyl (C=O) groups excluding carboxylic acids is 1. The summed E-state index contributed by atoms with van der Waals surface area (Å²) in [7, 11) is 2.13. The molecule has 0 saturated carbocycles. The molecule has 5 nitrogen and oxygen atoms in total. The highest BCUT2D eigenvalue weighted by molar-refractivity contribution is 9.09. The number of carbonyl (C=O) groups is 1. The average Bonchev–Trinajstić information content (AvgIpc) is 3.43. The monoisotopic (exact) mass is 439 g/mol. The number of benzene rings is 1. The maximum Gasteiger partial charge on any atom is 0.316 e. The molecule has 27 heavy (non-hydrogen) atoms. The Labute approximate surface area is 170 Å². The average molecular weight is 440 g/mol. The van der Waals surface area contributed by atoms with Gasteiger partial charge in [-0.05, 0) is 19.0 Å². The van der Waals surface area contributed by atoms with Gasteiger partial charge in [-0.25, -0.2) is 0 Å². The third kappa shape index (κ3) is 4.73. The van der Waals surface area contributed by atoms with Crippen LogP contribution in [0.3, 0.4) is 0 Å². The van der Waals surface area contributed by atoms with E-state index in [1.165, 1.54) is 12.8 Å². The van der Waals surface area contributed by atoms with Crippen LogP contribution in [0.25, 0.3) is 0 Å². The van der Waals surface area contributed by atoms with E-state index in [1.807, 2.05) is 30.3 Å². The summed E-state index contributed by atoms with van der Waals surface area (Å²) in [5.41, 5.74) is 0.803. The quantitative estimate of drug-likeness (QED) is 0.419. The van der Waals surface area contributed by atoms with Gasteiger partial charge in [0.15, 0.2) is 0 Å². The van der Waals surface area contributed by atoms with Crippen LogP contribution in [0.5, 0.6) is 0 Å². The Balaban J connectivity index is 0.000000376. The van der Waals surface area contributed by atoms with Gasteiger partial charge in [0.2, 0.25) is 0 Å². The Morgan fingerprint density at radius 1 is 1.30 bits per heavy atom. The summed E-state index contributed by atoms with van der Waals surface area (Å²) in [6.45, 7) is 1.96. The fraction of sp³-hybridized carbons (Fsp3) is 0.667. The largest absolute Gasteiger partial charge is 0.462 e. The Kier molecular flexibility index (Phi) is 7.31. The second-order valence-corrected chi connectivity index (χ2v) is 8.38. The number of epoxide rings is 1. The van der Waals surface area contributed by atoms with Crippen molar-refractivity contribution in [1.29, 1.82) is 0 Å². The number of morpholine rings is 1. The van der Waals surface area contributed by atoms with Gasteiger partial charge in [-0.15, -0.1) is 0 Å². The topological polar surface area (TPSA) is 62.3 Å². The van der Waals surface area contributed by atoms with Crippen LogP contribution < -0.4 is 0 Å². The third-order valence-electron chi connectivity index (χ3n) is 5.81. The molecule has 1 aromatic carbocycles. The first-order chi connectivity index (χ1) is 13.1. The summed E-state index contributed by atoms with van der Waals surface area (Å²) >= 11 is 3.31. The van der Waals surface area contributed by atoms with Gasteiger partial charge in [-0.3, -0.25) is 9.69 Å². The molecule has 150 valence electrons. The summed E-state index contributed by atoms with van der Waals surface area (Å²) in [4.78, 5) is 14.8. The van der Waals surface area contributed by atoms with Gasteiger partial charge in [0, 0.05) is 30.3 Å². The lowest BCUT2D eigenvalue weighted by Gasteiger charge is -2.38. The normalized spacial score (nSPS) is 32.1. The summed E-state index contributed by atoms with van der Waals surface area (Å²) < 4.78 is 11.4. The molecule has 3 aliphatic rings. The molecule has 3 saturated heterocycles. The Hall–Kier alpha value is -0.950. The van der Waals surface area contributed by atoms with Gasteiger partial charge in [0.05, 0.1) is 6.61 Å². The molecule has 1 aromatic rings. The van der Waals surface area contributed by atoms with Crippen LogP contribution >= 0.6 is 15.9 Å². The minimum Gasteiger partial charge on any atom is -0.462 e. The van der Waals surface area contributed by atoms with E-state index in [0.717, 1.165) is 23.7 Å². The number of halogens is 1. The van der Waals surface area contributed by atoms with Gasteiger partial charge in [-0.1, -0.05) is 59.6 Å². The van der Waals surface area contributed by atoms with E-state index in [0.29, 0.717) is 24.3 Å². The van der Waals surface area contributed by atoms with Crippen LogP contribution in [-0.2, 0) is 14.3 Å². The van der Waals surface area contributed by atoms with Crippen molar-refractivity contribution in [3.05, 3.63) is 35.9 Å². The maximum atomic E-state index is 12.4. The van der Waals surface area contributed by atoms with Crippen LogP contribution in [0, 0.1) is 0 Å². The van der Waals surface area contributed by atoms with E-state index in [9.17, 15) is 9.90 Å². The van der Waals surface area contributed by atoms with E-state index in [2.05, 4.69) is 34.8 Å². The molecule has 3 aliphatic heterocycles. The van der Waals surface area contributed by atoms with Crippen molar-refractivity contribution < 1.29 is 19.4 Å². The zero-order valence-electron chi connectivity index (χ0n) is 16.1. The predicted molar refractivity (Wildman–Crippen MR) is 108 cm³/mol. The highest BCUT2D eigenvalue weighted by Gasteiger charge is 2.62. The van der Waals surface area contributed by atoms with Gasteiger partial charge in [-0.2, -0.15) is 0 Å². The number of esters is 1. The van der Waals surface area contributed by atoms with Crippen LogP contribution in [0.2, 0.25) is 0 Å². The summed E-state index contributed by atoms with van der Waals surface area (Å²) in [6.07, 6.45) is 4.86. The number of aliphatic hydroxyl groups is 1. The van der Waals surface area contributed by atoms with Gasteiger partial charge < -0.3 is 14.6 Å². The van der Waals surface area contributed by atoms with Crippen molar-refractivity contribution in [2.45, 2.75) is 68.9 Å². The number of hydrogen-bond acceptors (Lipinski definition) is 5. The number of fused-ring (bicyclic) bond motifs is 5. The van der Waals surface area contributed by atoms with Crippen LogP contribution in [0.15, 0.2) is 30.3 Å². The molecule has 6 heteroatoms. The molecule has 0 aliphatic carbocycles. The Morgan fingerprint density at radius 3 is 2.41 bits per heavy atom. The highest BCUT2D eigenvalue weighted by atomic mass is 79.9. The zero-order valence-corrected chi connectivity index (χ0v) is 17.7.